The van der Waals surface area contributed by atoms with Crippen molar-refractivity contribution in [3.63, 3.8) is 0 Å². The predicted octanol–water partition coefficient (Wildman–Crippen LogP) is 9.19. The SMILES string of the molecule is CCCCCCCCOc1ccc(/C=C/C(=O)OCC(COC(=O)/C=C/c2ccc(OCCCCCCCC)cc2)OP(=O)(O)OCC[N+](C)(C)C)cc1. The zero-order valence-electron chi connectivity index (χ0n) is 33.2. The zero-order chi connectivity index (χ0) is 39.5. The van der Waals surface area contributed by atoms with Crippen LogP contribution in [0.15, 0.2) is 60.7 Å². The summed E-state index contributed by atoms with van der Waals surface area (Å²) in [6, 6.07) is 14.7. The molecule has 0 spiro atoms. The van der Waals surface area contributed by atoms with Crippen molar-refractivity contribution >= 4 is 31.9 Å². The van der Waals surface area contributed by atoms with E-state index in [9.17, 15) is 19.0 Å². The Morgan fingerprint density at radius 2 is 1.06 bits per heavy atom. The van der Waals surface area contributed by atoms with E-state index in [2.05, 4.69) is 13.8 Å². The topological polar surface area (TPSA) is 127 Å². The van der Waals surface area contributed by atoms with Crippen LogP contribution in [0.3, 0.4) is 0 Å². The maximum absolute atomic E-state index is 12.7. The minimum Gasteiger partial charge on any atom is -0.494 e. The van der Waals surface area contributed by atoms with Gasteiger partial charge in [-0.25, -0.2) is 14.2 Å². The zero-order valence-corrected chi connectivity index (χ0v) is 34.1. The maximum atomic E-state index is 12.7. The van der Waals surface area contributed by atoms with Crippen LogP contribution in [0.25, 0.3) is 12.2 Å². The molecule has 0 aliphatic heterocycles. The number of quaternary nitrogens is 1. The number of benzene rings is 2. The van der Waals surface area contributed by atoms with E-state index in [1.807, 2.05) is 69.7 Å². The van der Waals surface area contributed by atoms with Gasteiger partial charge in [0.15, 0.2) is 0 Å². The Kier molecular flexibility index (Phi) is 23.5. The molecule has 1 N–H and O–H groups in total. The quantitative estimate of drug-likeness (QED) is 0.0270. The Bertz CT molecular complexity index is 1330. The number of phosphoric ester groups is 1. The molecule has 0 saturated carbocycles. The van der Waals surface area contributed by atoms with E-state index in [0.717, 1.165) is 48.3 Å². The van der Waals surface area contributed by atoms with Crippen LogP contribution in [0.2, 0.25) is 0 Å². The third-order valence-corrected chi connectivity index (χ3v) is 9.31. The molecule has 1 unspecified atom stereocenters. The van der Waals surface area contributed by atoms with Gasteiger partial charge in [-0.15, -0.1) is 0 Å². The molecule has 0 amide bonds. The van der Waals surface area contributed by atoms with E-state index in [4.69, 9.17) is 28.0 Å². The highest BCUT2D eigenvalue weighted by Crippen LogP contribution is 2.44. The predicted molar refractivity (Wildman–Crippen MR) is 214 cm³/mol. The van der Waals surface area contributed by atoms with Gasteiger partial charge in [-0.1, -0.05) is 102 Å². The lowest BCUT2D eigenvalue weighted by Crippen LogP contribution is -2.37. The second kappa shape index (κ2) is 27.2. The monoisotopic (exact) mass is 774 g/mol. The number of nitrogens with zero attached hydrogens (tertiary/aromatic N) is 1. The molecule has 0 heterocycles. The standard InChI is InChI=1S/C42H64NO10P/c1-6-8-10-12-14-16-31-48-38-24-18-36(19-25-38)22-28-41(44)50-34-40(53-54(46,47)52-33-30-43(3,4)5)35-51-42(45)29-23-37-20-26-39(27-21-37)49-32-17-15-13-11-9-7-2/h18-29,40H,6-17,30-35H2,1-5H3/p+1/b28-22+,29-23+. The molecule has 1 atom stereocenters. The molecule has 54 heavy (non-hydrogen) atoms. The van der Waals surface area contributed by atoms with Crippen molar-refractivity contribution in [3.05, 3.63) is 71.8 Å². The summed E-state index contributed by atoms with van der Waals surface area (Å²) in [6.07, 6.45) is 18.7. The molecule has 12 heteroatoms. The Labute approximate surface area is 323 Å². The van der Waals surface area contributed by atoms with Crippen molar-refractivity contribution in [2.75, 3.05) is 60.7 Å². The van der Waals surface area contributed by atoms with E-state index in [-0.39, 0.29) is 6.61 Å². The normalized spacial score (nSPS) is 13.0. The van der Waals surface area contributed by atoms with Gasteiger partial charge < -0.3 is 28.3 Å². The average Bonchev–Trinajstić information content (AvgIpc) is 3.13. The number of carbonyl (C=O) groups excluding carboxylic acids is 2. The summed E-state index contributed by atoms with van der Waals surface area (Å²) in [4.78, 5) is 35.5. The molecule has 2 aromatic carbocycles. The molecular weight excluding hydrogens is 709 g/mol. The van der Waals surface area contributed by atoms with Gasteiger partial charge >= 0.3 is 19.8 Å². The van der Waals surface area contributed by atoms with Crippen LogP contribution in [0.5, 0.6) is 11.5 Å². The number of hydrogen-bond donors (Lipinski definition) is 1. The highest BCUT2D eigenvalue weighted by Gasteiger charge is 2.29. The van der Waals surface area contributed by atoms with Gasteiger partial charge in [0, 0.05) is 12.2 Å². The van der Waals surface area contributed by atoms with Crippen molar-refractivity contribution < 1.29 is 51.5 Å². The van der Waals surface area contributed by atoms with E-state index in [0.29, 0.717) is 24.2 Å². The fourth-order valence-electron chi connectivity index (χ4n) is 5.03. The maximum Gasteiger partial charge on any atom is 0.472 e. The smallest absolute Gasteiger partial charge is 0.472 e. The molecule has 0 saturated heterocycles. The van der Waals surface area contributed by atoms with Crippen molar-refractivity contribution in [2.45, 2.75) is 97.0 Å². The van der Waals surface area contributed by atoms with Crippen LogP contribution in [0.1, 0.15) is 102 Å². The average molecular weight is 775 g/mol. The Morgan fingerprint density at radius 3 is 1.46 bits per heavy atom. The van der Waals surface area contributed by atoms with Crippen LogP contribution >= 0.6 is 7.82 Å². The largest absolute Gasteiger partial charge is 0.494 e. The van der Waals surface area contributed by atoms with E-state index in [1.54, 1.807) is 12.2 Å². The summed E-state index contributed by atoms with van der Waals surface area (Å²) >= 11 is 0. The van der Waals surface area contributed by atoms with Gasteiger partial charge in [-0.2, -0.15) is 0 Å². The van der Waals surface area contributed by atoms with Crippen molar-refractivity contribution in [1.82, 2.24) is 0 Å². The minimum absolute atomic E-state index is 0.0548. The van der Waals surface area contributed by atoms with Crippen molar-refractivity contribution in [1.29, 1.82) is 0 Å². The number of ether oxygens (including phenoxy) is 4. The number of hydrogen-bond acceptors (Lipinski definition) is 9. The Hall–Kier alpha value is -3.47. The summed E-state index contributed by atoms with van der Waals surface area (Å²) in [5, 5.41) is 0. The summed E-state index contributed by atoms with van der Waals surface area (Å²) in [5.41, 5.74) is 1.52. The van der Waals surface area contributed by atoms with Gasteiger partial charge in [0.25, 0.3) is 0 Å². The fourth-order valence-corrected chi connectivity index (χ4v) is 5.90. The van der Waals surface area contributed by atoms with Gasteiger partial charge in [-0.3, -0.25) is 9.05 Å². The molecule has 0 aliphatic carbocycles. The minimum atomic E-state index is -4.58. The first kappa shape index (κ1) is 46.7. The summed E-state index contributed by atoms with van der Waals surface area (Å²) < 4.78 is 45.9. The second-order valence-electron chi connectivity index (χ2n) is 14.3. The molecular formula is C42H65NO10P+. The summed E-state index contributed by atoms with van der Waals surface area (Å²) in [7, 11) is 1.16. The van der Waals surface area contributed by atoms with Crippen molar-refractivity contribution in [2.24, 2.45) is 0 Å². The molecule has 2 rings (SSSR count). The molecule has 0 fully saturated rings. The first-order valence-corrected chi connectivity index (χ1v) is 21.0. The van der Waals surface area contributed by atoms with E-state index >= 15 is 0 Å². The highest BCUT2D eigenvalue weighted by molar-refractivity contribution is 7.47. The number of likely N-dealkylation sites (N-methyl/N-ethyl adjacent to an activating group) is 1. The lowest BCUT2D eigenvalue weighted by molar-refractivity contribution is -0.870. The second-order valence-corrected chi connectivity index (χ2v) is 15.7. The number of unbranched alkanes of at least 4 members (excludes halogenated alkanes) is 10. The first-order valence-electron chi connectivity index (χ1n) is 19.5. The summed E-state index contributed by atoms with van der Waals surface area (Å²) in [6.45, 7) is 5.19. The van der Waals surface area contributed by atoms with Gasteiger partial charge in [0.2, 0.25) is 0 Å². The number of esters is 2. The van der Waals surface area contributed by atoms with Gasteiger partial charge in [0.05, 0.1) is 34.4 Å². The Balaban J connectivity index is 1.88. The molecule has 2 aromatic rings. The first-order chi connectivity index (χ1) is 25.9. The molecule has 302 valence electrons. The third kappa shape index (κ3) is 24.0. The van der Waals surface area contributed by atoms with Crippen LogP contribution in [-0.2, 0) is 32.7 Å². The highest BCUT2D eigenvalue weighted by atomic mass is 31.2. The molecule has 0 aliphatic rings. The lowest BCUT2D eigenvalue weighted by Gasteiger charge is -2.25. The van der Waals surface area contributed by atoms with Crippen LogP contribution < -0.4 is 9.47 Å². The number of phosphoric acid groups is 1. The molecule has 0 radical (unpaired) electrons. The molecule has 0 aromatic heterocycles. The van der Waals surface area contributed by atoms with Crippen molar-refractivity contribution in [3.8, 4) is 11.5 Å². The molecule has 11 nitrogen and oxygen atoms in total. The third-order valence-electron chi connectivity index (χ3n) is 8.24. The van der Waals surface area contributed by atoms with E-state index < -0.39 is 39.1 Å². The number of rotatable bonds is 30. The fraction of sp³-hybridized carbons (Fsp3) is 0.571. The van der Waals surface area contributed by atoms with Crippen LogP contribution in [-0.4, -0.2) is 88.1 Å². The molecule has 0 bridgehead atoms. The van der Waals surface area contributed by atoms with Gasteiger partial charge in [0.1, 0.15) is 44.0 Å². The Morgan fingerprint density at radius 1 is 0.648 bits per heavy atom. The van der Waals surface area contributed by atoms with Crippen LogP contribution in [0, 0.1) is 0 Å². The van der Waals surface area contributed by atoms with Crippen LogP contribution in [0.4, 0.5) is 0 Å². The summed E-state index contributed by atoms with van der Waals surface area (Å²) in [5.74, 6) is 0.0883. The number of carbonyl (C=O) groups is 2. The van der Waals surface area contributed by atoms with E-state index in [1.165, 1.54) is 63.5 Å². The lowest BCUT2D eigenvalue weighted by atomic mass is 10.1. The van der Waals surface area contributed by atoms with Gasteiger partial charge in [-0.05, 0) is 60.4 Å².